The van der Waals surface area contributed by atoms with Crippen LogP contribution in [0, 0.1) is 10.1 Å². The standard InChI is InChI=1S/C17H13N3O4/c1-24-14-7-5-11(6-8-14)9-15-17(21)19-16(18-15)12-3-2-4-13(10-12)20(22)23/h2-10H,1H3,(H,18,19,21)/b15-9-. The molecule has 0 atom stereocenters. The molecule has 0 aromatic heterocycles. The number of rotatable bonds is 4. The molecule has 1 aliphatic heterocycles. The summed E-state index contributed by atoms with van der Waals surface area (Å²) in [6, 6.07) is 13.1. The Labute approximate surface area is 137 Å². The zero-order valence-electron chi connectivity index (χ0n) is 12.7. The van der Waals surface area contributed by atoms with Crippen molar-refractivity contribution in [3.05, 3.63) is 75.5 Å². The second-order valence-electron chi connectivity index (χ2n) is 5.02. The highest BCUT2D eigenvalue weighted by Crippen LogP contribution is 2.19. The Kier molecular flexibility index (Phi) is 4.07. The quantitative estimate of drug-likeness (QED) is 0.531. The second-order valence-corrected chi connectivity index (χ2v) is 5.02. The number of amidine groups is 1. The van der Waals surface area contributed by atoms with Crippen molar-refractivity contribution in [3.8, 4) is 5.75 Å². The maximum atomic E-state index is 12.1. The number of nitrogens with one attached hydrogen (secondary N) is 1. The van der Waals surface area contributed by atoms with Gasteiger partial charge in [0, 0.05) is 17.7 Å². The zero-order chi connectivity index (χ0) is 17.1. The van der Waals surface area contributed by atoms with Crippen molar-refractivity contribution in [2.24, 2.45) is 4.99 Å². The van der Waals surface area contributed by atoms with Gasteiger partial charge in [0.1, 0.15) is 17.3 Å². The number of nitro benzene ring substituents is 1. The smallest absolute Gasteiger partial charge is 0.275 e. The summed E-state index contributed by atoms with van der Waals surface area (Å²) in [4.78, 5) is 26.6. The Hall–Kier alpha value is -3.48. The Balaban J connectivity index is 1.91. The molecule has 7 heteroatoms. The number of nitro groups is 1. The third-order valence-corrected chi connectivity index (χ3v) is 3.45. The number of benzene rings is 2. The van der Waals surface area contributed by atoms with Gasteiger partial charge in [0.15, 0.2) is 0 Å². The van der Waals surface area contributed by atoms with Crippen molar-refractivity contribution in [3.63, 3.8) is 0 Å². The number of ether oxygens (including phenoxy) is 1. The van der Waals surface area contributed by atoms with Gasteiger partial charge in [0.2, 0.25) is 0 Å². The van der Waals surface area contributed by atoms with Crippen LogP contribution in [-0.2, 0) is 4.79 Å². The van der Waals surface area contributed by atoms with E-state index in [9.17, 15) is 14.9 Å². The highest BCUT2D eigenvalue weighted by atomic mass is 16.6. The van der Waals surface area contributed by atoms with Crippen LogP contribution in [0.5, 0.6) is 5.75 Å². The van der Waals surface area contributed by atoms with E-state index in [0.29, 0.717) is 17.1 Å². The molecule has 0 saturated carbocycles. The number of methoxy groups -OCH3 is 1. The van der Waals surface area contributed by atoms with Crippen molar-refractivity contribution in [1.29, 1.82) is 0 Å². The first-order chi connectivity index (χ1) is 11.6. The topological polar surface area (TPSA) is 93.8 Å². The predicted molar refractivity (Wildman–Crippen MR) is 88.7 cm³/mol. The average molecular weight is 323 g/mol. The minimum atomic E-state index is -0.491. The molecule has 0 saturated heterocycles. The van der Waals surface area contributed by atoms with Crippen LogP contribution in [0.15, 0.2) is 59.2 Å². The fraction of sp³-hybridized carbons (Fsp3) is 0.0588. The molecule has 0 unspecified atom stereocenters. The zero-order valence-corrected chi connectivity index (χ0v) is 12.7. The highest BCUT2D eigenvalue weighted by Gasteiger charge is 2.22. The number of nitrogens with zero attached hydrogens (tertiary/aromatic N) is 2. The van der Waals surface area contributed by atoms with E-state index < -0.39 is 4.92 Å². The molecule has 0 aliphatic carbocycles. The van der Waals surface area contributed by atoms with E-state index in [2.05, 4.69) is 10.3 Å². The lowest BCUT2D eigenvalue weighted by molar-refractivity contribution is -0.384. The van der Waals surface area contributed by atoms with Crippen LogP contribution in [0.1, 0.15) is 11.1 Å². The molecule has 120 valence electrons. The first-order valence-electron chi connectivity index (χ1n) is 7.07. The van der Waals surface area contributed by atoms with E-state index >= 15 is 0 Å². The summed E-state index contributed by atoms with van der Waals surface area (Å²) < 4.78 is 5.08. The molecule has 0 radical (unpaired) electrons. The van der Waals surface area contributed by atoms with Gasteiger partial charge in [0.25, 0.3) is 11.6 Å². The fourth-order valence-electron chi connectivity index (χ4n) is 2.23. The van der Waals surface area contributed by atoms with Gasteiger partial charge >= 0.3 is 0 Å². The summed E-state index contributed by atoms with van der Waals surface area (Å²) >= 11 is 0. The van der Waals surface area contributed by atoms with Gasteiger partial charge in [-0.05, 0) is 23.8 Å². The maximum Gasteiger partial charge on any atom is 0.275 e. The second kappa shape index (κ2) is 6.33. The van der Waals surface area contributed by atoms with Gasteiger partial charge < -0.3 is 10.1 Å². The number of carbonyl (C=O) groups excluding carboxylic acids is 1. The van der Waals surface area contributed by atoms with Crippen LogP contribution in [0.4, 0.5) is 5.69 Å². The first-order valence-corrected chi connectivity index (χ1v) is 7.07. The van der Waals surface area contributed by atoms with E-state index in [-0.39, 0.29) is 17.3 Å². The van der Waals surface area contributed by atoms with Crippen molar-refractivity contribution in [1.82, 2.24) is 5.32 Å². The number of hydrogen-bond donors (Lipinski definition) is 1. The number of hydrogen-bond acceptors (Lipinski definition) is 5. The van der Waals surface area contributed by atoms with Crippen LogP contribution in [0.2, 0.25) is 0 Å². The lowest BCUT2D eigenvalue weighted by Crippen LogP contribution is -2.24. The monoisotopic (exact) mass is 323 g/mol. The normalized spacial score (nSPS) is 15.1. The first kappa shape index (κ1) is 15.4. The SMILES string of the molecule is COc1ccc(/C=C2\N=C(c3cccc([N+](=O)[O-])c3)NC2=O)cc1. The number of carbonyl (C=O) groups is 1. The predicted octanol–water partition coefficient (Wildman–Crippen LogP) is 2.52. The van der Waals surface area contributed by atoms with E-state index in [4.69, 9.17) is 4.74 Å². The largest absolute Gasteiger partial charge is 0.497 e. The molecule has 3 rings (SSSR count). The molecule has 7 nitrogen and oxygen atoms in total. The minimum Gasteiger partial charge on any atom is -0.497 e. The van der Waals surface area contributed by atoms with Crippen molar-refractivity contribution in [2.75, 3.05) is 7.11 Å². The summed E-state index contributed by atoms with van der Waals surface area (Å²) in [6.07, 6.45) is 1.64. The van der Waals surface area contributed by atoms with E-state index in [1.54, 1.807) is 49.6 Å². The van der Waals surface area contributed by atoms with Crippen LogP contribution < -0.4 is 10.1 Å². The molecule has 0 bridgehead atoms. The lowest BCUT2D eigenvalue weighted by Gasteiger charge is -1.99. The summed E-state index contributed by atoms with van der Waals surface area (Å²) in [5, 5.41) is 13.5. The average Bonchev–Trinajstić information content (AvgIpc) is 2.96. The van der Waals surface area contributed by atoms with Crippen LogP contribution in [-0.4, -0.2) is 23.8 Å². The van der Waals surface area contributed by atoms with Gasteiger partial charge in [-0.25, -0.2) is 4.99 Å². The Morgan fingerprint density at radius 3 is 2.62 bits per heavy atom. The molecule has 1 N–H and O–H groups in total. The van der Waals surface area contributed by atoms with E-state index in [0.717, 1.165) is 5.56 Å². The highest BCUT2D eigenvalue weighted by molar-refractivity contribution is 6.19. The molecule has 1 amide bonds. The van der Waals surface area contributed by atoms with Gasteiger partial charge in [-0.15, -0.1) is 0 Å². The van der Waals surface area contributed by atoms with Gasteiger partial charge in [-0.2, -0.15) is 0 Å². The number of non-ortho nitro benzene ring substituents is 1. The molecule has 0 fully saturated rings. The number of amides is 1. The molecule has 2 aromatic rings. The van der Waals surface area contributed by atoms with Crippen molar-refractivity contribution < 1.29 is 14.5 Å². The molecular weight excluding hydrogens is 310 g/mol. The summed E-state index contributed by atoms with van der Waals surface area (Å²) in [6.45, 7) is 0. The third-order valence-electron chi connectivity index (χ3n) is 3.45. The molecule has 24 heavy (non-hydrogen) atoms. The lowest BCUT2D eigenvalue weighted by atomic mass is 10.2. The van der Waals surface area contributed by atoms with E-state index in [1.165, 1.54) is 12.1 Å². The molecule has 0 spiro atoms. The molecule has 1 aliphatic rings. The third kappa shape index (κ3) is 3.14. The van der Waals surface area contributed by atoms with Crippen LogP contribution in [0.3, 0.4) is 0 Å². The Morgan fingerprint density at radius 2 is 1.96 bits per heavy atom. The Morgan fingerprint density at radius 1 is 1.21 bits per heavy atom. The molecule has 2 aromatic carbocycles. The fourth-order valence-corrected chi connectivity index (χ4v) is 2.23. The van der Waals surface area contributed by atoms with E-state index in [1.807, 2.05) is 0 Å². The van der Waals surface area contributed by atoms with Crippen LogP contribution >= 0.6 is 0 Å². The van der Waals surface area contributed by atoms with Crippen molar-refractivity contribution >= 4 is 23.5 Å². The molecule has 1 heterocycles. The van der Waals surface area contributed by atoms with Gasteiger partial charge in [-0.1, -0.05) is 24.3 Å². The maximum absolute atomic E-state index is 12.1. The Bertz CT molecular complexity index is 870. The van der Waals surface area contributed by atoms with Crippen molar-refractivity contribution in [2.45, 2.75) is 0 Å². The van der Waals surface area contributed by atoms with Gasteiger partial charge in [-0.3, -0.25) is 14.9 Å². The van der Waals surface area contributed by atoms with Gasteiger partial charge in [0.05, 0.1) is 12.0 Å². The minimum absolute atomic E-state index is 0.0583. The number of aliphatic imine (C=N–C) groups is 1. The summed E-state index contributed by atoms with van der Waals surface area (Å²) in [7, 11) is 1.58. The van der Waals surface area contributed by atoms with Crippen LogP contribution in [0.25, 0.3) is 6.08 Å². The summed E-state index contributed by atoms with van der Waals surface area (Å²) in [5.74, 6) is 0.657. The molecular formula is C17H13N3O4. The summed E-state index contributed by atoms with van der Waals surface area (Å²) in [5.41, 5.74) is 1.46.